The van der Waals surface area contributed by atoms with E-state index in [1.54, 1.807) is 6.07 Å². The Morgan fingerprint density at radius 3 is 2.65 bits per heavy atom. The molecule has 0 aliphatic rings. The predicted octanol–water partition coefficient (Wildman–Crippen LogP) is 2.80. The Hall–Kier alpha value is -1.91. The zero-order valence-corrected chi connectivity index (χ0v) is 9.88. The lowest BCUT2D eigenvalue weighted by Gasteiger charge is -2.06. The molecule has 1 aromatic carbocycles. The third kappa shape index (κ3) is 3.86. The molecule has 0 amide bonds. The summed E-state index contributed by atoms with van der Waals surface area (Å²) in [6.07, 6.45) is 0.742. The first kappa shape index (κ1) is 13.2. The molecule has 0 N–H and O–H groups in total. The van der Waals surface area contributed by atoms with Crippen LogP contribution in [-0.4, -0.2) is 17.5 Å². The average Bonchev–Trinajstić information content (AvgIpc) is 2.28. The van der Waals surface area contributed by atoms with Crippen LogP contribution in [0.25, 0.3) is 0 Å². The molecule has 5 heteroatoms. The van der Waals surface area contributed by atoms with Crippen LogP contribution in [0.3, 0.4) is 0 Å². The van der Waals surface area contributed by atoms with Gasteiger partial charge in [-0.1, -0.05) is 26.0 Å². The van der Waals surface area contributed by atoms with Gasteiger partial charge >= 0.3 is 5.97 Å². The number of nitrogens with zero attached hydrogens (tertiary/aromatic N) is 1. The van der Waals surface area contributed by atoms with Gasteiger partial charge in [-0.05, 0) is 18.4 Å². The summed E-state index contributed by atoms with van der Waals surface area (Å²) in [6.45, 7) is 4.31. The number of rotatable bonds is 5. The molecule has 1 aromatic rings. The first-order valence-corrected chi connectivity index (χ1v) is 5.43. The summed E-state index contributed by atoms with van der Waals surface area (Å²) in [5.41, 5.74) is -0.219. The van der Waals surface area contributed by atoms with Gasteiger partial charge in [0.2, 0.25) is 0 Å². The Kier molecular flexibility index (Phi) is 4.63. The number of nitro groups is 1. The van der Waals surface area contributed by atoms with Crippen LogP contribution < -0.4 is 0 Å². The molecule has 0 atom stereocenters. The molecular weight excluding hydrogens is 222 g/mol. The third-order valence-electron chi connectivity index (χ3n) is 2.25. The fourth-order valence-corrected chi connectivity index (χ4v) is 1.27. The van der Waals surface area contributed by atoms with Crippen molar-refractivity contribution in [3.05, 3.63) is 39.9 Å². The Bertz CT molecular complexity index is 415. The van der Waals surface area contributed by atoms with Crippen molar-refractivity contribution in [1.82, 2.24) is 0 Å². The average molecular weight is 237 g/mol. The Morgan fingerprint density at radius 2 is 2.06 bits per heavy atom. The molecule has 0 radical (unpaired) electrons. The maximum Gasteiger partial charge on any atom is 0.345 e. The Balaban J connectivity index is 2.72. The van der Waals surface area contributed by atoms with Gasteiger partial charge in [0.1, 0.15) is 5.56 Å². The second-order valence-corrected chi connectivity index (χ2v) is 4.09. The summed E-state index contributed by atoms with van der Waals surface area (Å²) in [7, 11) is 0. The van der Waals surface area contributed by atoms with Crippen LogP contribution in [0.5, 0.6) is 0 Å². The van der Waals surface area contributed by atoms with Gasteiger partial charge in [-0.25, -0.2) is 4.79 Å². The molecule has 0 aromatic heterocycles. The molecular formula is C12H15NO4. The van der Waals surface area contributed by atoms with Crippen molar-refractivity contribution in [3.63, 3.8) is 0 Å². The second-order valence-electron chi connectivity index (χ2n) is 4.09. The predicted molar refractivity (Wildman–Crippen MR) is 62.8 cm³/mol. The van der Waals surface area contributed by atoms with Gasteiger partial charge in [-0.3, -0.25) is 10.1 Å². The normalized spacial score (nSPS) is 10.3. The van der Waals surface area contributed by atoms with Crippen molar-refractivity contribution in [2.45, 2.75) is 20.3 Å². The molecule has 0 spiro atoms. The van der Waals surface area contributed by atoms with Crippen molar-refractivity contribution in [2.75, 3.05) is 6.61 Å². The number of carbonyl (C=O) groups is 1. The van der Waals surface area contributed by atoms with Crippen LogP contribution in [0.1, 0.15) is 30.6 Å². The first-order chi connectivity index (χ1) is 8.02. The highest BCUT2D eigenvalue weighted by atomic mass is 16.6. The number of esters is 1. The highest BCUT2D eigenvalue weighted by molar-refractivity contribution is 5.93. The fourth-order valence-electron chi connectivity index (χ4n) is 1.27. The van der Waals surface area contributed by atoms with Crippen LogP contribution in [0.2, 0.25) is 0 Å². The molecule has 0 saturated carbocycles. The van der Waals surface area contributed by atoms with Crippen LogP contribution >= 0.6 is 0 Å². The number of hydrogen-bond acceptors (Lipinski definition) is 4. The van der Waals surface area contributed by atoms with Gasteiger partial charge in [0.05, 0.1) is 11.5 Å². The minimum atomic E-state index is -0.641. The van der Waals surface area contributed by atoms with E-state index >= 15 is 0 Å². The monoisotopic (exact) mass is 237 g/mol. The van der Waals surface area contributed by atoms with E-state index in [-0.39, 0.29) is 17.9 Å². The standard InChI is InChI=1S/C12H15NO4/c1-9(2)7-8-17-12(14)10-5-3-4-6-11(10)13(15)16/h3-6,9H,7-8H2,1-2H3. The van der Waals surface area contributed by atoms with E-state index in [9.17, 15) is 14.9 Å². The fraction of sp³-hybridized carbons (Fsp3) is 0.417. The summed E-state index contributed by atoms with van der Waals surface area (Å²) in [5.74, 6) is -0.216. The Morgan fingerprint density at radius 1 is 1.41 bits per heavy atom. The number of para-hydroxylation sites is 1. The highest BCUT2D eigenvalue weighted by Crippen LogP contribution is 2.18. The highest BCUT2D eigenvalue weighted by Gasteiger charge is 2.20. The van der Waals surface area contributed by atoms with E-state index in [0.717, 1.165) is 6.42 Å². The van der Waals surface area contributed by atoms with Gasteiger partial charge in [-0.15, -0.1) is 0 Å². The summed E-state index contributed by atoms with van der Waals surface area (Å²) >= 11 is 0. The number of nitro benzene ring substituents is 1. The van der Waals surface area contributed by atoms with Crippen molar-refractivity contribution in [1.29, 1.82) is 0 Å². The molecule has 5 nitrogen and oxygen atoms in total. The van der Waals surface area contributed by atoms with Gasteiger partial charge in [0.25, 0.3) is 5.69 Å². The maximum absolute atomic E-state index is 11.6. The van der Waals surface area contributed by atoms with E-state index in [4.69, 9.17) is 4.74 Å². The molecule has 0 bridgehead atoms. The van der Waals surface area contributed by atoms with Gasteiger partial charge in [-0.2, -0.15) is 0 Å². The zero-order valence-electron chi connectivity index (χ0n) is 9.88. The molecule has 0 saturated heterocycles. The van der Waals surface area contributed by atoms with E-state index in [1.165, 1.54) is 18.2 Å². The third-order valence-corrected chi connectivity index (χ3v) is 2.25. The molecule has 0 unspecified atom stereocenters. The molecule has 92 valence electrons. The lowest BCUT2D eigenvalue weighted by Crippen LogP contribution is -2.10. The van der Waals surface area contributed by atoms with Crippen LogP contribution in [0.4, 0.5) is 5.69 Å². The number of benzene rings is 1. The van der Waals surface area contributed by atoms with E-state index < -0.39 is 10.9 Å². The van der Waals surface area contributed by atoms with Gasteiger partial charge < -0.3 is 4.74 Å². The van der Waals surface area contributed by atoms with E-state index in [0.29, 0.717) is 5.92 Å². The summed E-state index contributed by atoms with van der Waals surface area (Å²) in [4.78, 5) is 21.7. The summed E-state index contributed by atoms with van der Waals surface area (Å²) in [5, 5.41) is 10.7. The minimum Gasteiger partial charge on any atom is -0.462 e. The molecule has 0 fully saturated rings. The van der Waals surface area contributed by atoms with Crippen LogP contribution in [0.15, 0.2) is 24.3 Å². The molecule has 1 rings (SSSR count). The molecule has 0 aliphatic carbocycles. The Labute approximate surface area is 99.5 Å². The summed E-state index contributed by atoms with van der Waals surface area (Å²) < 4.78 is 4.99. The second kappa shape index (κ2) is 5.98. The van der Waals surface area contributed by atoms with Crippen molar-refractivity contribution >= 4 is 11.7 Å². The number of ether oxygens (including phenoxy) is 1. The maximum atomic E-state index is 11.6. The topological polar surface area (TPSA) is 69.4 Å². The number of hydrogen-bond donors (Lipinski definition) is 0. The minimum absolute atomic E-state index is 0.00116. The van der Waals surface area contributed by atoms with Crippen LogP contribution in [0, 0.1) is 16.0 Å². The van der Waals surface area contributed by atoms with Crippen molar-refractivity contribution < 1.29 is 14.5 Å². The quantitative estimate of drug-likeness (QED) is 0.448. The summed E-state index contributed by atoms with van der Waals surface area (Å²) in [6, 6.07) is 5.78. The zero-order chi connectivity index (χ0) is 12.8. The van der Waals surface area contributed by atoms with Crippen molar-refractivity contribution in [2.24, 2.45) is 5.92 Å². The first-order valence-electron chi connectivity index (χ1n) is 5.43. The molecule has 17 heavy (non-hydrogen) atoms. The number of carbonyl (C=O) groups excluding carboxylic acids is 1. The lowest BCUT2D eigenvalue weighted by molar-refractivity contribution is -0.385. The van der Waals surface area contributed by atoms with Crippen molar-refractivity contribution in [3.8, 4) is 0 Å². The molecule has 0 heterocycles. The smallest absolute Gasteiger partial charge is 0.345 e. The molecule has 0 aliphatic heterocycles. The van der Waals surface area contributed by atoms with E-state index in [1.807, 2.05) is 13.8 Å². The SMILES string of the molecule is CC(C)CCOC(=O)c1ccccc1[N+](=O)[O-]. The largest absolute Gasteiger partial charge is 0.462 e. The van der Waals surface area contributed by atoms with Crippen LogP contribution in [-0.2, 0) is 4.74 Å². The van der Waals surface area contributed by atoms with Gasteiger partial charge in [0, 0.05) is 6.07 Å². The van der Waals surface area contributed by atoms with E-state index in [2.05, 4.69) is 0 Å². The lowest BCUT2D eigenvalue weighted by atomic mass is 10.1. The van der Waals surface area contributed by atoms with Gasteiger partial charge in [0.15, 0.2) is 0 Å².